The predicted octanol–water partition coefficient (Wildman–Crippen LogP) is -1.30. The number of likely N-dealkylation sites (N-methyl/N-ethyl adjacent to an activating group) is 2. The van der Waals surface area contributed by atoms with Crippen molar-refractivity contribution in [1.29, 1.82) is 0 Å². The molecule has 0 fully saturated rings. The van der Waals surface area contributed by atoms with Crippen molar-refractivity contribution in [3.63, 3.8) is 0 Å². The van der Waals surface area contributed by atoms with Gasteiger partial charge in [0.15, 0.2) is 0 Å². The first-order chi connectivity index (χ1) is 4.76. The minimum absolute atomic E-state index is 0.159. The number of carbonyl (C=O) groups is 1. The predicted molar refractivity (Wildman–Crippen MR) is 38.6 cm³/mol. The molecule has 0 bridgehead atoms. The molecule has 0 aliphatic heterocycles. The monoisotopic (exact) mass is 146 g/mol. The third-order valence-corrected chi connectivity index (χ3v) is 1.20. The van der Waals surface area contributed by atoms with E-state index in [4.69, 9.17) is 5.11 Å². The summed E-state index contributed by atoms with van der Waals surface area (Å²) < 4.78 is 0. The van der Waals surface area contributed by atoms with Crippen LogP contribution in [0.2, 0.25) is 0 Å². The number of hydrogen-bond donors (Lipinski definition) is 3. The van der Waals surface area contributed by atoms with Gasteiger partial charge in [-0.3, -0.25) is 4.79 Å². The van der Waals surface area contributed by atoms with Crippen LogP contribution in [0.4, 0.5) is 0 Å². The molecule has 0 aliphatic carbocycles. The Kier molecular flexibility index (Phi) is 4.88. The zero-order chi connectivity index (χ0) is 7.98. The number of carbonyl (C=O) groups excluding carboxylic acids is 1. The Morgan fingerprint density at radius 1 is 1.70 bits per heavy atom. The molecule has 0 radical (unpaired) electrons. The second-order valence-corrected chi connectivity index (χ2v) is 1.91. The number of aliphatic hydroxyl groups is 1. The van der Waals surface area contributed by atoms with Crippen LogP contribution in [0.3, 0.4) is 0 Å². The van der Waals surface area contributed by atoms with E-state index in [1.54, 1.807) is 7.05 Å². The van der Waals surface area contributed by atoms with Crippen LogP contribution in [0.1, 0.15) is 6.92 Å². The average Bonchev–Trinajstić information content (AvgIpc) is 1.99. The molecule has 10 heavy (non-hydrogen) atoms. The number of hydrogen-bond acceptors (Lipinski definition) is 3. The van der Waals surface area contributed by atoms with Crippen LogP contribution < -0.4 is 10.6 Å². The minimum Gasteiger partial charge on any atom is -0.394 e. The summed E-state index contributed by atoms with van der Waals surface area (Å²) in [6.45, 7) is 2.40. The van der Waals surface area contributed by atoms with Crippen LogP contribution in [0, 0.1) is 0 Å². The molecule has 0 aliphatic rings. The van der Waals surface area contributed by atoms with Crippen LogP contribution in [-0.4, -0.2) is 37.3 Å². The van der Waals surface area contributed by atoms with Gasteiger partial charge in [-0.2, -0.15) is 0 Å². The van der Waals surface area contributed by atoms with E-state index in [2.05, 4.69) is 10.6 Å². The SMILES string of the molecule is CCN[C@@H](CO)C(=O)NC. The van der Waals surface area contributed by atoms with Crippen molar-refractivity contribution < 1.29 is 9.90 Å². The normalized spacial score (nSPS) is 12.7. The summed E-state index contributed by atoms with van der Waals surface area (Å²) in [6, 6.07) is -0.463. The fourth-order valence-corrected chi connectivity index (χ4v) is 0.661. The van der Waals surface area contributed by atoms with Crippen LogP contribution in [0.15, 0.2) is 0 Å². The summed E-state index contributed by atoms with van der Waals surface area (Å²) in [7, 11) is 1.54. The Morgan fingerprint density at radius 2 is 2.30 bits per heavy atom. The average molecular weight is 146 g/mol. The van der Waals surface area contributed by atoms with Crippen molar-refractivity contribution in [3.05, 3.63) is 0 Å². The molecule has 0 rings (SSSR count). The van der Waals surface area contributed by atoms with Crippen molar-refractivity contribution in [1.82, 2.24) is 10.6 Å². The van der Waals surface area contributed by atoms with E-state index in [-0.39, 0.29) is 12.5 Å². The van der Waals surface area contributed by atoms with E-state index in [0.717, 1.165) is 0 Å². The summed E-state index contributed by atoms with van der Waals surface area (Å²) in [5, 5.41) is 13.9. The van der Waals surface area contributed by atoms with Gasteiger partial charge in [-0.1, -0.05) is 6.92 Å². The number of aliphatic hydroxyl groups excluding tert-OH is 1. The molecule has 0 unspecified atom stereocenters. The minimum atomic E-state index is -0.463. The summed E-state index contributed by atoms with van der Waals surface area (Å²) in [4.78, 5) is 10.8. The molecular weight excluding hydrogens is 132 g/mol. The molecule has 1 amide bonds. The number of amides is 1. The first-order valence-electron chi connectivity index (χ1n) is 3.32. The molecule has 0 aromatic carbocycles. The summed E-state index contributed by atoms with van der Waals surface area (Å²) in [5.74, 6) is -0.177. The third kappa shape index (κ3) is 2.80. The molecule has 1 atom stereocenters. The van der Waals surface area contributed by atoms with Gasteiger partial charge in [-0.15, -0.1) is 0 Å². The molecule has 4 heteroatoms. The second kappa shape index (κ2) is 5.20. The van der Waals surface area contributed by atoms with Crippen molar-refractivity contribution in [2.45, 2.75) is 13.0 Å². The van der Waals surface area contributed by atoms with Crippen LogP contribution >= 0.6 is 0 Å². The molecule has 0 saturated carbocycles. The lowest BCUT2D eigenvalue weighted by Gasteiger charge is -2.11. The Bertz CT molecular complexity index is 106. The Morgan fingerprint density at radius 3 is 2.60 bits per heavy atom. The summed E-state index contributed by atoms with van der Waals surface area (Å²) in [6.07, 6.45) is 0. The number of rotatable bonds is 4. The molecule has 0 saturated heterocycles. The standard InChI is InChI=1S/C6H14N2O2/c1-3-8-5(4-9)6(10)7-2/h5,8-9H,3-4H2,1-2H3,(H,7,10)/t5-/m0/s1. The highest BCUT2D eigenvalue weighted by Crippen LogP contribution is 1.79. The fraction of sp³-hybridized carbons (Fsp3) is 0.833. The molecule has 0 heterocycles. The quantitative estimate of drug-likeness (QED) is 0.462. The highest BCUT2D eigenvalue weighted by atomic mass is 16.3. The van der Waals surface area contributed by atoms with Gasteiger partial charge < -0.3 is 15.7 Å². The number of nitrogens with one attached hydrogen (secondary N) is 2. The maximum absolute atomic E-state index is 10.8. The van der Waals surface area contributed by atoms with E-state index in [1.165, 1.54) is 0 Å². The molecule has 60 valence electrons. The van der Waals surface area contributed by atoms with Gasteiger partial charge in [-0.25, -0.2) is 0 Å². The van der Waals surface area contributed by atoms with Crippen molar-refractivity contribution in [2.24, 2.45) is 0 Å². The largest absolute Gasteiger partial charge is 0.394 e. The zero-order valence-corrected chi connectivity index (χ0v) is 6.35. The van der Waals surface area contributed by atoms with Gasteiger partial charge in [-0.05, 0) is 6.54 Å². The molecule has 3 N–H and O–H groups in total. The van der Waals surface area contributed by atoms with Crippen molar-refractivity contribution >= 4 is 5.91 Å². The molecule has 0 aromatic heterocycles. The van der Waals surface area contributed by atoms with E-state index < -0.39 is 6.04 Å². The highest BCUT2D eigenvalue weighted by molar-refractivity contribution is 5.81. The van der Waals surface area contributed by atoms with Crippen LogP contribution in [0.5, 0.6) is 0 Å². The second-order valence-electron chi connectivity index (χ2n) is 1.91. The van der Waals surface area contributed by atoms with Crippen LogP contribution in [0.25, 0.3) is 0 Å². The molecular formula is C6H14N2O2. The van der Waals surface area contributed by atoms with Gasteiger partial charge in [0, 0.05) is 7.05 Å². The highest BCUT2D eigenvalue weighted by Gasteiger charge is 2.12. The van der Waals surface area contributed by atoms with Crippen LogP contribution in [-0.2, 0) is 4.79 Å². The van der Waals surface area contributed by atoms with E-state index in [1.807, 2.05) is 6.92 Å². The van der Waals surface area contributed by atoms with Crippen molar-refractivity contribution in [3.8, 4) is 0 Å². The summed E-state index contributed by atoms with van der Waals surface area (Å²) in [5.41, 5.74) is 0. The van der Waals surface area contributed by atoms with E-state index in [0.29, 0.717) is 6.54 Å². The summed E-state index contributed by atoms with van der Waals surface area (Å²) >= 11 is 0. The first-order valence-corrected chi connectivity index (χ1v) is 3.32. The Labute approximate surface area is 60.6 Å². The lowest BCUT2D eigenvalue weighted by Crippen LogP contribution is -2.45. The van der Waals surface area contributed by atoms with Gasteiger partial charge in [0.2, 0.25) is 5.91 Å². The maximum Gasteiger partial charge on any atom is 0.239 e. The maximum atomic E-state index is 10.8. The van der Waals surface area contributed by atoms with E-state index >= 15 is 0 Å². The molecule has 4 nitrogen and oxygen atoms in total. The van der Waals surface area contributed by atoms with Gasteiger partial charge in [0.05, 0.1) is 6.61 Å². The smallest absolute Gasteiger partial charge is 0.239 e. The molecule has 0 spiro atoms. The van der Waals surface area contributed by atoms with Gasteiger partial charge in [0.25, 0.3) is 0 Å². The third-order valence-electron chi connectivity index (χ3n) is 1.20. The van der Waals surface area contributed by atoms with Gasteiger partial charge >= 0.3 is 0 Å². The topological polar surface area (TPSA) is 61.4 Å². The molecule has 0 aromatic rings. The Balaban J connectivity index is 3.68. The lowest BCUT2D eigenvalue weighted by atomic mass is 10.3. The van der Waals surface area contributed by atoms with Gasteiger partial charge in [0.1, 0.15) is 6.04 Å². The van der Waals surface area contributed by atoms with Crippen molar-refractivity contribution in [2.75, 3.05) is 20.2 Å². The Hall–Kier alpha value is -0.610. The fourth-order valence-electron chi connectivity index (χ4n) is 0.661. The first kappa shape index (κ1) is 9.39. The zero-order valence-electron chi connectivity index (χ0n) is 6.35. The lowest BCUT2D eigenvalue weighted by molar-refractivity contribution is -0.123. The van der Waals surface area contributed by atoms with E-state index in [9.17, 15) is 4.79 Å².